The van der Waals surface area contributed by atoms with Gasteiger partial charge in [-0.15, -0.1) is 11.3 Å². The minimum atomic E-state index is -0.556. The fraction of sp³-hybridized carbons (Fsp3) is 0.375. The van der Waals surface area contributed by atoms with E-state index >= 15 is 0 Å². The molecule has 0 unspecified atom stereocenters. The third-order valence-electron chi connectivity index (χ3n) is 4.15. The number of methoxy groups -OCH3 is 1. The number of H-pyrrole nitrogens is 2. The molecule has 2 aromatic rings. The summed E-state index contributed by atoms with van der Waals surface area (Å²) in [6.45, 7) is 2.17. The van der Waals surface area contributed by atoms with Gasteiger partial charge in [0.2, 0.25) is 5.88 Å². The summed E-state index contributed by atoms with van der Waals surface area (Å²) in [7, 11) is 1.33. The number of ether oxygens (including phenoxy) is 1. The second kappa shape index (κ2) is 6.93. The summed E-state index contributed by atoms with van der Waals surface area (Å²) < 4.78 is 4.92. The van der Waals surface area contributed by atoms with Crippen LogP contribution in [0.3, 0.4) is 0 Å². The molecule has 9 heteroatoms. The molecule has 3 N–H and O–H groups in total. The molecule has 132 valence electrons. The van der Waals surface area contributed by atoms with E-state index in [1.807, 2.05) is 0 Å². The van der Waals surface area contributed by atoms with Crippen LogP contribution in [0.2, 0.25) is 0 Å². The Bertz CT molecular complexity index is 971. The quantitative estimate of drug-likeness (QED) is 0.432. The van der Waals surface area contributed by atoms with Crippen molar-refractivity contribution in [3.63, 3.8) is 0 Å². The molecule has 2 heterocycles. The molecule has 1 aliphatic carbocycles. The highest BCUT2D eigenvalue weighted by molar-refractivity contribution is 7.71. The molecule has 1 aliphatic rings. The van der Waals surface area contributed by atoms with E-state index in [9.17, 15) is 14.7 Å². The summed E-state index contributed by atoms with van der Waals surface area (Å²) in [6.07, 6.45) is 3.93. The van der Waals surface area contributed by atoms with E-state index < -0.39 is 11.5 Å². The van der Waals surface area contributed by atoms with Gasteiger partial charge in [0, 0.05) is 11.1 Å². The van der Waals surface area contributed by atoms with Crippen molar-refractivity contribution in [3.8, 4) is 5.88 Å². The summed E-state index contributed by atoms with van der Waals surface area (Å²) in [4.78, 5) is 34.4. The van der Waals surface area contributed by atoms with Crippen LogP contribution >= 0.6 is 23.6 Å². The average Bonchev–Trinajstić information content (AvgIpc) is 2.90. The maximum absolute atomic E-state index is 12.2. The zero-order valence-corrected chi connectivity index (χ0v) is 15.3. The standard InChI is InChI=1S/C16H17N3O4S2/c1-7-3-4-8-10(5-7)25-14(11(8)15(22)23-2)17-6-9-12(20)18-16(24)19-13(9)21/h6-7H,3-5H2,1-2H3,(H3,18,19,20,21,24)/t7-/m1/s1. The number of esters is 1. The molecule has 0 bridgehead atoms. The van der Waals surface area contributed by atoms with Crippen molar-refractivity contribution < 1.29 is 14.6 Å². The first-order valence-electron chi connectivity index (χ1n) is 7.73. The van der Waals surface area contributed by atoms with Gasteiger partial charge in [-0.3, -0.25) is 9.78 Å². The second-order valence-corrected chi connectivity index (χ2v) is 7.44. The lowest BCUT2D eigenvalue weighted by Gasteiger charge is -2.18. The van der Waals surface area contributed by atoms with Crippen LogP contribution in [-0.4, -0.2) is 34.4 Å². The molecule has 1 atom stereocenters. The molecular weight excluding hydrogens is 362 g/mol. The van der Waals surface area contributed by atoms with E-state index in [4.69, 9.17) is 17.0 Å². The fourth-order valence-electron chi connectivity index (χ4n) is 2.87. The van der Waals surface area contributed by atoms with Crippen LogP contribution in [0.5, 0.6) is 5.88 Å². The molecular formula is C16H17N3O4S2. The summed E-state index contributed by atoms with van der Waals surface area (Å²) in [5, 5.41) is 10.3. The first-order chi connectivity index (χ1) is 11.9. The molecule has 0 saturated carbocycles. The molecule has 0 aliphatic heterocycles. The molecule has 2 aromatic heterocycles. The first kappa shape index (κ1) is 17.6. The lowest BCUT2D eigenvalue weighted by Crippen LogP contribution is -2.13. The predicted molar refractivity (Wildman–Crippen MR) is 98.0 cm³/mol. The van der Waals surface area contributed by atoms with Crippen molar-refractivity contribution in [2.24, 2.45) is 10.9 Å². The minimum absolute atomic E-state index is 0.0236. The van der Waals surface area contributed by atoms with Crippen LogP contribution in [0, 0.1) is 10.7 Å². The summed E-state index contributed by atoms with van der Waals surface area (Å²) in [6, 6.07) is 0. The van der Waals surface area contributed by atoms with Crippen LogP contribution in [0.4, 0.5) is 5.00 Å². The van der Waals surface area contributed by atoms with Crippen LogP contribution in [0.15, 0.2) is 9.79 Å². The van der Waals surface area contributed by atoms with Crippen LogP contribution in [0.25, 0.3) is 0 Å². The maximum atomic E-state index is 12.2. The van der Waals surface area contributed by atoms with Gasteiger partial charge in [-0.2, -0.15) is 0 Å². The highest BCUT2D eigenvalue weighted by atomic mass is 32.1. The summed E-state index contributed by atoms with van der Waals surface area (Å²) >= 11 is 6.21. The highest BCUT2D eigenvalue weighted by Gasteiger charge is 2.27. The zero-order valence-electron chi connectivity index (χ0n) is 13.7. The van der Waals surface area contributed by atoms with Crippen molar-refractivity contribution in [1.29, 1.82) is 0 Å². The van der Waals surface area contributed by atoms with Crippen molar-refractivity contribution in [2.75, 3.05) is 7.11 Å². The number of hydrogen-bond acceptors (Lipinski definition) is 7. The SMILES string of the molecule is COC(=O)c1c(N=Cc2c(O)[nH]c(=S)[nH]c2=O)sc2c1CC[C@@H](C)C2. The third kappa shape index (κ3) is 3.42. The van der Waals surface area contributed by atoms with E-state index in [1.54, 1.807) is 0 Å². The third-order valence-corrected chi connectivity index (χ3v) is 5.52. The average molecular weight is 379 g/mol. The molecule has 3 rings (SSSR count). The maximum Gasteiger partial charge on any atom is 0.341 e. The number of aromatic amines is 2. The topological polar surface area (TPSA) is 108 Å². The molecule has 25 heavy (non-hydrogen) atoms. The number of carbonyl (C=O) groups is 1. The Hall–Kier alpha value is -2.26. The highest BCUT2D eigenvalue weighted by Crippen LogP contribution is 2.41. The van der Waals surface area contributed by atoms with Crippen molar-refractivity contribution >= 4 is 40.7 Å². The number of nitrogens with one attached hydrogen (secondary N) is 2. The number of aliphatic imine (C=N–C) groups is 1. The Labute approximate surface area is 152 Å². The summed E-state index contributed by atoms with van der Waals surface area (Å²) in [5.41, 5.74) is 0.821. The van der Waals surface area contributed by atoms with Crippen LogP contribution in [-0.2, 0) is 17.6 Å². The molecule has 0 aromatic carbocycles. The normalized spacial score (nSPS) is 16.8. The minimum Gasteiger partial charge on any atom is -0.494 e. The summed E-state index contributed by atoms with van der Waals surface area (Å²) in [5.74, 6) is -0.258. The molecule has 0 fully saturated rings. The number of hydrogen-bond donors (Lipinski definition) is 3. The molecule has 0 saturated heterocycles. The first-order valence-corrected chi connectivity index (χ1v) is 8.95. The van der Waals surface area contributed by atoms with Gasteiger partial charge >= 0.3 is 5.97 Å². The van der Waals surface area contributed by atoms with E-state index in [0.29, 0.717) is 16.5 Å². The van der Waals surface area contributed by atoms with E-state index in [2.05, 4.69) is 21.9 Å². The second-order valence-electron chi connectivity index (χ2n) is 5.95. The Morgan fingerprint density at radius 3 is 2.92 bits per heavy atom. The Kier molecular flexibility index (Phi) is 4.87. The van der Waals surface area contributed by atoms with Crippen molar-refractivity contribution in [1.82, 2.24) is 9.97 Å². The van der Waals surface area contributed by atoms with Crippen LogP contribution in [0.1, 0.15) is 39.7 Å². The predicted octanol–water partition coefficient (Wildman–Crippen LogP) is 2.86. The van der Waals surface area contributed by atoms with Gasteiger partial charge in [-0.05, 0) is 43.0 Å². The monoisotopic (exact) mass is 379 g/mol. The van der Waals surface area contributed by atoms with Gasteiger partial charge in [-0.1, -0.05) is 6.92 Å². The zero-order chi connectivity index (χ0) is 18.1. The van der Waals surface area contributed by atoms with E-state index in [-0.39, 0.29) is 16.2 Å². The number of nitrogens with zero attached hydrogens (tertiary/aromatic N) is 1. The number of aromatic nitrogens is 2. The number of carbonyl (C=O) groups excluding carboxylic acids is 1. The molecule has 7 nitrogen and oxygen atoms in total. The van der Waals surface area contributed by atoms with Gasteiger partial charge in [-0.25, -0.2) is 9.79 Å². The van der Waals surface area contributed by atoms with Gasteiger partial charge in [0.15, 0.2) is 4.77 Å². The number of aromatic hydroxyl groups is 1. The molecule has 0 radical (unpaired) electrons. The van der Waals surface area contributed by atoms with Crippen LogP contribution < -0.4 is 5.56 Å². The number of thiophene rings is 1. The van der Waals surface area contributed by atoms with Gasteiger partial charge in [0.1, 0.15) is 10.6 Å². The fourth-order valence-corrected chi connectivity index (χ4v) is 4.40. The smallest absolute Gasteiger partial charge is 0.341 e. The van der Waals surface area contributed by atoms with Gasteiger partial charge in [0.05, 0.1) is 12.7 Å². The van der Waals surface area contributed by atoms with E-state index in [0.717, 1.165) is 29.7 Å². The van der Waals surface area contributed by atoms with Gasteiger partial charge in [0.25, 0.3) is 5.56 Å². The number of rotatable bonds is 3. The van der Waals surface area contributed by atoms with Crippen molar-refractivity contribution in [2.45, 2.75) is 26.2 Å². The van der Waals surface area contributed by atoms with E-state index in [1.165, 1.54) is 24.7 Å². The Morgan fingerprint density at radius 2 is 2.24 bits per heavy atom. The lowest BCUT2D eigenvalue weighted by atomic mass is 9.88. The molecule has 0 amide bonds. The largest absolute Gasteiger partial charge is 0.494 e. The number of fused-ring (bicyclic) bond motifs is 1. The lowest BCUT2D eigenvalue weighted by molar-refractivity contribution is 0.0600. The Morgan fingerprint density at radius 1 is 1.48 bits per heavy atom. The van der Waals surface area contributed by atoms with Crippen molar-refractivity contribution in [3.05, 3.63) is 36.7 Å². The Balaban J connectivity index is 2.07. The van der Waals surface area contributed by atoms with Gasteiger partial charge < -0.3 is 14.8 Å². The molecule has 0 spiro atoms.